The van der Waals surface area contributed by atoms with Crippen LogP contribution in [0.3, 0.4) is 0 Å². The summed E-state index contributed by atoms with van der Waals surface area (Å²) < 4.78 is 5.82. The van der Waals surface area contributed by atoms with Crippen LogP contribution in [0.5, 0.6) is 11.5 Å². The van der Waals surface area contributed by atoms with Crippen LogP contribution in [0.4, 0.5) is 5.69 Å². The molecule has 0 aliphatic carbocycles. The molecular formula is C22H17NO3. The summed E-state index contributed by atoms with van der Waals surface area (Å²) in [5.74, 6) is 0.800. The van der Waals surface area contributed by atoms with E-state index < -0.39 is 0 Å². The first-order chi connectivity index (χ1) is 12.7. The Morgan fingerprint density at radius 3 is 1.73 bits per heavy atom. The maximum atomic E-state index is 12.5. The van der Waals surface area contributed by atoms with Gasteiger partial charge in [-0.3, -0.25) is 9.59 Å². The summed E-state index contributed by atoms with van der Waals surface area (Å²) in [7, 11) is 0. The van der Waals surface area contributed by atoms with Crippen molar-refractivity contribution in [1.29, 1.82) is 0 Å². The summed E-state index contributed by atoms with van der Waals surface area (Å²) in [5, 5.41) is 0. The van der Waals surface area contributed by atoms with E-state index >= 15 is 0 Å². The first kappa shape index (κ1) is 16.1. The zero-order chi connectivity index (χ0) is 18.1. The van der Waals surface area contributed by atoms with Crippen LogP contribution >= 0.6 is 0 Å². The topological polar surface area (TPSA) is 46.6 Å². The van der Waals surface area contributed by atoms with Crippen LogP contribution in [0.2, 0.25) is 0 Å². The van der Waals surface area contributed by atoms with Gasteiger partial charge in [0, 0.05) is 0 Å². The van der Waals surface area contributed by atoms with E-state index in [0.717, 1.165) is 12.2 Å². The molecule has 0 radical (unpaired) electrons. The number of hydrogen-bond acceptors (Lipinski definition) is 3. The second-order valence-corrected chi connectivity index (χ2v) is 6.08. The van der Waals surface area contributed by atoms with Crippen LogP contribution in [0, 0.1) is 0 Å². The molecule has 4 nitrogen and oxygen atoms in total. The Hall–Kier alpha value is -3.40. The SMILES string of the molecule is CCc1ccc(Oc2ccc(N3C(=O)c4ccccc4C3=O)cc2)cc1. The zero-order valence-electron chi connectivity index (χ0n) is 14.3. The number of benzene rings is 3. The Bertz CT molecular complexity index is 940. The van der Waals surface area contributed by atoms with Crippen molar-refractivity contribution in [3.8, 4) is 11.5 Å². The van der Waals surface area contributed by atoms with Crippen LogP contribution in [0.15, 0.2) is 72.8 Å². The van der Waals surface area contributed by atoms with Gasteiger partial charge >= 0.3 is 0 Å². The van der Waals surface area contributed by atoms with Gasteiger partial charge in [-0.25, -0.2) is 4.90 Å². The van der Waals surface area contributed by atoms with Crippen molar-refractivity contribution in [2.75, 3.05) is 4.90 Å². The van der Waals surface area contributed by atoms with E-state index in [1.165, 1.54) is 10.5 Å². The van der Waals surface area contributed by atoms with Gasteiger partial charge in [0.15, 0.2) is 0 Å². The summed E-state index contributed by atoms with van der Waals surface area (Å²) in [6, 6.07) is 21.7. The molecule has 0 saturated carbocycles. The number of imide groups is 1. The Labute approximate surface area is 151 Å². The highest BCUT2D eigenvalue weighted by molar-refractivity contribution is 6.34. The molecule has 1 aliphatic heterocycles. The fourth-order valence-electron chi connectivity index (χ4n) is 3.02. The summed E-state index contributed by atoms with van der Waals surface area (Å²) >= 11 is 0. The van der Waals surface area contributed by atoms with Crippen LogP contribution in [-0.2, 0) is 6.42 Å². The number of carbonyl (C=O) groups excluding carboxylic acids is 2. The monoisotopic (exact) mass is 343 g/mol. The standard InChI is InChI=1S/C22H17NO3/c1-2-15-7-11-17(12-8-15)26-18-13-9-16(10-14-18)23-21(24)19-5-3-4-6-20(19)22(23)25/h3-14H,2H2,1H3. The predicted molar refractivity (Wildman–Crippen MR) is 99.9 cm³/mol. The molecule has 0 saturated heterocycles. The molecule has 128 valence electrons. The van der Waals surface area contributed by atoms with E-state index in [9.17, 15) is 9.59 Å². The first-order valence-corrected chi connectivity index (χ1v) is 8.52. The Kier molecular flexibility index (Phi) is 4.01. The molecule has 0 aromatic heterocycles. The number of nitrogens with zero attached hydrogens (tertiary/aromatic N) is 1. The molecule has 3 aromatic rings. The number of aryl methyl sites for hydroxylation is 1. The minimum atomic E-state index is -0.297. The van der Waals surface area contributed by atoms with Gasteiger partial charge in [0.25, 0.3) is 11.8 Å². The van der Waals surface area contributed by atoms with Crippen molar-refractivity contribution in [1.82, 2.24) is 0 Å². The number of carbonyl (C=O) groups is 2. The number of fused-ring (bicyclic) bond motifs is 1. The lowest BCUT2D eigenvalue weighted by Gasteiger charge is -2.14. The van der Waals surface area contributed by atoms with Crippen LogP contribution in [0.1, 0.15) is 33.2 Å². The third-order valence-electron chi connectivity index (χ3n) is 4.46. The van der Waals surface area contributed by atoms with Gasteiger partial charge in [-0.2, -0.15) is 0 Å². The molecule has 4 heteroatoms. The van der Waals surface area contributed by atoms with E-state index in [-0.39, 0.29) is 11.8 Å². The van der Waals surface area contributed by atoms with Gasteiger partial charge in [-0.1, -0.05) is 31.2 Å². The minimum Gasteiger partial charge on any atom is -0.457 e. The maximum Gasteiger partial charge on any atom is 0.266 e. The molecule has 0 atom stereocenters. The second kappa shape index (κ2) is 6.48. The summed E-state index contributed by atoms with van der Waals surface area (Å²) in [4.78, 5) is 26.2. The number of ether oxygens (including phenoxy) is 1. The Morgan fingerprint density at radius 2 is 1.23 bits per heavy atom. The highest BCUT2D eigenvalue weighted by Crippen LogP contribution is 2.30. The molecule has 0 bridgehead atoms. The van der Waals surface area contributed by atoms with Gasteiger partial charge in [0.05, 0.1) is 16.8 Å². The predicted octanol–water partition coefficient (Wildman–Crippen LogP) is 4.84. The van der Waals surface area contributed by atoms with Gasteiger partial charge in [-0.15, -0.1) is 0 Å². The smallest absolute Gasteiger partial charge is 0.266 e. The van der Waals surface area contributed by atoms with E-state index in [1.807, 2.05) is 24.3 Å². The van der Waals surface area contributed by atoms with E-state index in [0.29, 0.717) is 22.6 Å². The van der Waals surface area contributed by atoms with Crippen molar-refractivity contribution in [3.05, 3.63) is 89.5 Å². The molecule has 0 N–H and O–H groups in total. The van der Waals surface area contributed by atoms with Crippen molar-refractivity contribution >= 4 is 17.5 Å². The summed E-state index contributed by atoms with van der Waals surface area (Å²) in [5.41, 5.74) is 2.66. The molecule has 1 heterocycles. The van der Waals surface area contributed by atoms with Crippen molar-refractivity contribution in [2.45, 2.75) is 13.3 Å². The molecule has 3 aromatic carbocycles. The summed E-state index contributed by atoms with van der Waals surface area (Å²) in [6.07, 6.45) is 0.981. The average Bonchev–Trinajstić information content (AvgIpc) is 2.94. The fourth-order valence-corrected chi connectivity index (χ4v) is 3.02. The number of rotatable bonds is 4. The van der Waals surface area contributed by atoms with Crippen molar-refractivity contribution < 1.29 is 14.3 Å². The van der Waals surface area contributed by atoms with Crippen LogP contribution in [-0.4, -0.2) is 11.8 Å². The third-order valence-corrected chi connectivity index (χ3v) is 4.46. The third kappa shape index (κ3) is 2.75. The lowest BCUT2D eigenvalue weighted by atomic mass is 10.1. The van der Waals surface area contributed by atoms with Crippen LogP contribution in [0.25, 0.3) is 0 Å². The number of hydrogen-bond donors (Lipinski definition) is 0. The maximum absolute atomic E-state index is 12.5. The minimum absolute atomic E-state index is 0.297. The molecule has 0 spiro atoms. The van der Waals surface area contributed by atoms with Crippen molar-refractivity contribution in [2.24, 2.45) is 0 Å². The lowest BCUT2D eigenvalue weighted by Crippen LogP contribution is -2.29. The first-order valence-electron chi connectivity index (χ1n) is 8.52. The molecule has 26 heavy (non-hydrogen) atoms. The Balaban J connectivity index is 1.55. The van der Waals surface area contributed by atoms with Gasteiger partial charge in [0.1, 0.15) is 11.5 Å². The van der Waals surface area contributed by atoms with E-state index in [1.54, 1.807) is 48.5 Å². The van der Waals surface area contributed by atoms with Crippen molar-refractivity contribution in [3.63, 3.8) is 0 Å². The quantitative estimate of drug-likeness (QED) is 0.637. The fraction of sp³-hybridized carbons (Fsp3) is 0.0909. The molecule has 0 unspecified atom stereocenters. The highest BCUT2D eigenvalue weighted by atomic mass is 16.5. The second-order valence-electron chi connectivity index (χ2n) is 6.08. The highest BCUT2D eigenvalue weighted by Gasteiger charge is 2.36. The molecule has 4 rings (SSSR count). The normalized spacial score (nSPS) is 13.0. The number of anilines is 1. The largest absolute Gasteiger partial charge is 0.457 e. The zero-order valence-corrected chi connectivity index (χ0v) is 14.3. The number of amides is 2. The van der Waals surface area contributed by atoms with Gasteiger partial charge < -0.3 is 4.74 Å². The summed E-state index contributed by atoms with van der Waals surface area (Å²) in [6.45, 7) is 2.10. The van der Waals surface area contributed by atoms with Crippen LogP contribution < -0.4 is 9.64 Å². The molecule has 2 amide bonds. The van der Waals surface area contributed by atoms with E-state index in [4.69, 9.17) is 4.74 Å². The molecule has 0 fully saturated rings. The van der Waals surface area contributed by atoms with Gasteiger partial charge in [-0.05, 0) is 60.5 Å². The van der Waals surface area contributed by atoms with Gasteiger partial charge in [0.2, 0.25) is 0 Å². The molecule has 1 aliphatic rings. The Morgan fingerprint density at radius 1 is 0.731 bits per heavy atom. The van der Waals surface area contributed by atoms with E-state index in [2.05, 4.69) is 6.92 Å². The lowest BCUT2D eigenvalue weighted by molar-refractivity contribution is 0.0926. The average molecular weight is 343 g/mol. The molecular weight excluding hydrogens is 326 g/mol.